The molecule has 0 fully saturated rings. The van der Waals surface area contributed by atoms with Gasteiger partial charge >= 0.3 is 0 Å². The summed E-state index contributed by atoms with van der Waals surface area (Å²) in [4.78, 5) is 25.7. The van der Waals surface area contributed by atoms with Crippen molar-refractivity contribution in [3.8, 4) is 0 Å². The fourth-order valence-electron chi connectivity index (χ4n) is 12.8. The minimum atomic E-state index is -4.58. The Morgan fingerprint density at radius 2 is 0.625 bits per heavy atom. The lowest BCUT2D eigenvalue weighted by atomic mass is 10.0. The number of quaternary nitrogens is 1. The minimum absolute atomic E-state index is 0.0165. The van der Waals surface area contributed by atoms with Crippen molar-refractivity contribution < 1.29 is 32.9 Å². The normalized spacial score (nSPS) is 13.5. The number of hydrogen-bond acceptors (Lipinski definition) is 6. The van der Waals surface area contributed by atoms with Crippen molar-refractivity contribution in [2.45, 2.75) is 450 Å². The SMILES string of the molecule is CCCCCCCCCC/C=C\CCCCCCCCCCCCCCCCCCCCCCCCCCCCCCCC(=O)NC(COP(=O)([O-])OCC[N+](C)(C)C)C(O)CCCCCCCCCCCCCCCCCCCCCCCCCCC. The molecular weight excluding hydrogens is 1100 g/mol. The number of allylic oxidation sites excluding steroid dienone is 2. The van der Waals surface area contributed by atoms with Crippen LogP contribution in [0, 0.1) is 0 Å². The van der Waals surface area contributed by atoms with E-state index in [9.17, 15) is 19.4 Å². The zero-order valence-electron chi connectivity index (χ0n) is 60.5. The molecule has 526 valence electrons. The quantitative estimate of drug-likeness (QED) is 0.0272. The monoisotopic (exact) mass is 1260 g/mol. The van der Waals surface area contributed by atoms with E-state index < -0.39 is 20.0 Å². The highest BCUT2D eigenvalue weighted by Gasteiger charge is 2.24. The number of carbonyl (C=O) groups excluding carboxylic acids is 1. The average molecular weight is 1260 g/mol. The molecule has 0 spiro atoms. The minimum Gasteiger partial charge on any atom is -0.756 e. The molecular formula is C79H159N2O6P. The smallest absolute Gasteiger partial charge is 0.268 e. The van der Waals surface area contributed by atoms with Gasteiger partial charge in [0.25, 0.3) is 7.82 Å². The predicted molar refractivity (Wildman–Crippen MR) is 386 cm³/mol. The third-order valence-electron chi connectivity index (χ3n) is 19.0. The van der Waals surface area contributed by atoms with Crippen molar-refractivity contribution in [3.63, 3.8) is 0 Å². The van der Waals surface area contributed by atoms with Crippen LogP contribution in [-0.4, -0.2) is 68.5 Å². The highest BCUT2D eigenvalue weighted by molar-refractivity contribution is 7.45. The number of nitrogens with one attached hydrogen (secondary N) is 1. The maximum atomic E-state index is 13.1. The molecule has 0 aromatic heterocycles. The number of rotatable bonds is 76. The summed E-state index contributed by atoms with van der Waals surface area (Å²) in [5, 5.41) is 14.1. The number of aliphatic hydroxyl groups excluding tert-OH is 1. The molecule has 0 saturated heterocycles. The molecule has 9 heteroatoms. The summed E-state index contributed by atoms with van der Waals surface area (Å²) in [5.41, 5.74) is 0. The van der Waals surface area contributed by atoms with Crippen LogP contribution in [0.4, 0.5) is 0 Å². The van der Waals surface area contributed by atoms with Gasteiger partial charge in [0, 0.05) is 6.42 Å². The maximum absolute atomic E-state index is 13.1. The second-order valence-electron chi connectivity index (χ2n) is 29.1. The van der Waals surface area contributed by atoms with Crippen LogP contribution in [0.2, 0.25) is 0 Å². The first-order valence-corrected chi connectivity index (χ1v) is 41.5. The van der Waals surface area contributed by atoms with Crippen LogP contribution >= 0.6 is 7.82 Å². The molecule has 0 aliphatic carbocycles. The van der Waals surface area contributed by atoms with Crippen molar-refractivity contribution in [1.82, 2.24) is 5.32 Å². The van der Waals surface area contributed by atoms with Gasteiger partial charge in [0.2, 0.25) is 5.91 Å². The number of phosphoric ester groups is 1. The van der Waals surface area contributed by atoms with Gasteiger partial charge in [-0.25, -0.2) is 0 Å². The number of aliphatic hydroxyl groups is 1. The summed E-state index contributed by atoms with van der Waals surface area (Å²) in [6.45, 7) is 4.80. The zero-order chi connectivity index (χ0) is 64.1. The van der Waals surface area contributed by atoms with Crippen LogP contribution in [0.1, 0.15) is 438 Å². The maximum Gasteiger partial charge on any atom is 0.268 e. The molecule has 0 heterocycles. The molecule has 8 nitrogen and oxygen atoms in total. The molecule has 0 aliphatic rings. The number of nitrogens with zero attached hydrogens (tertiary/aromatic N) is 1. The Morgan fingerprint density at radius 1 is 0.386 bits per heavy atom. The van der Waals surface area contributed by atoms with E-state index in [2.05, 4.69) is 31.3 Å². The summed E-state index contributed by atoms with van der Waals surface area (Å²) >= 11 is 0. The highest BCUT2D eigenvalue weighted by atomic mass is 31.2. The van der Waals surface area contributed by atoms with Crippen LogP contribution in [-0.2, 0) is 18.4 Å². The Balaban J connectivity index is 3.85. The first-order chi connectivity index (χ1) is 43.0. The van der Waals surface area contributed by atoms with Gasteiger partial charge in [-0.3, -0.25) is 9.36 Å². The van der Waals surface area contributed by atoms with Crippen molar-refractivity contribution in [2.24, 2.45) is 0 Å². The number of phosphoric acid groups is 1. The third-order valence-corrected chi connectivity index (χ3v) is 20.0. The molecule has 1 amide bonds. The molecule has 2 N–H and O–H groups in total. The summed E-state index contributed by atoms with van der Waals surface area (Å²) < 4.78 is 23.6. The summed E-state index contributed by atoms with van der Waals surface area (Å²) in [6.07, 6.45) is 92.0. The standard InChI is InChI=1S/C79H159N2O6P/c1-6-8-10-12-14-16-18-20-22-24-26-28-30-32-33-34-35-36-37-38-39-40-41-42-43-44-45-46-47-49-51-53-55-57-59-61-63-65-67-69-71-73-79(83)80-77(76-87-88(84,85)86-75-74-81(3,4)5)78(82)72-70-68-66-64-62-60-58-56-54-52-50-48-31-29-27-25-23-21-19-17-15-13-11-9-7-2/h24,26,77-78,82H,6-23,25,27-76H2,1-5H3,(H-,80,83,84,85)/b26-24-. The Bertz CT molecular complexity index is 1440. The van der Waals surface area contributed by atoms with E-state index in [0.29, 0.717) is 23.9 Å². The lowest BCUT2D eigenvalue weighted by Crippen LogP contribution is -2.46. The van der Waals surface area contributed by atoms with E-state index >= 15 is 0 Å². The molecule has 0 aliphatic heterocycles. The van der Waals surface area contributed by atoms with E-state index in [-0.39, 0.29) is 19.1 Å². The van der Waals surface area contributed by atoms with Crippen LogP contribution in [0.5, 0.6) is 0 Å². The first kappa shape index (κ1) is 87.2. The van der Waals surface area contributed by atoms with Gasteiger partial charge in [0.05, 0.1) is 39.9 Å². The molecule has 0 aromatic rings. The van der Waals surface area contributed by atoms with Crippen molar-refractivity contribution >= 4 is 13.7 Å². The molecule has 3 atom stereocenters. The van der Waals surface area contributed by atoms with Gasteiger partial charge in [0.15, 0.2) is 0 Å². The molecule has 88 heavy (non-hydrogen) atoms. The predicted octanol–water partition coefficient (Wildman–Crippen LogP) is 25.4. The van der Waals surface area contributed by atoms with E-state index in [1.54, 1.807) is 0 Å². The van der Waals surface area contributed by atoms with Crippen molar-refractivity contribution in [1.29, 1.82) is 0 Å². The van der Waals surface area contributed by atoms with Crippen LogP contribution < -0.4 is 10.2 Å². The Kier molecular flexibility index (Phi) is 69.9. The third kappa shape index (κ3) is 72.7. The topological polar surface area (TPSA) is 108 Å². The van der Waals surface area contributed by atoms with Crippen LogP contribution in [0.3, 0.4) is 0 Å². The lowest BCUT2D eigenvalue weighted by Gasteiger charge is -2.30. The molecule has 0 rings (SSSR count). The van der Waals surface area contributed by atoms with E-state index in [1.165, 1.54) is 372 Å². The largest absolute Gasteiger partial charge is 0.756 e. The summed E-state index contributed by atoms with van der Waals surface area (Å²) in [6, 6.07) is -0.798. The molecule has 0 saturated carbocycles. The number of hydrogen-bond donors (Lipinski definition) is 2. The van der Waals surface area contributed by atoms with Gasteiger partial charge in [0.1, 0.15) is 13.2 Å². The zero-order valence-corrected chi connectivity index (χ0v) is 61.4. The van der Waals surface area contributed by atoms with Crippen molar-refractivity contribution in [2.75, 3.05) is 40.9 Å². The second kappa shape index (κ2) is 70.6. The second-order valence-corrected chi connectivity index (χ2v) is 30.5. The van der Waals surface area contributed by atoms with Crippen molar-refractivity contribution in [3.05, 3.63) is 12.2 Å². The average Bonchev–Trinajstić information content (AvgIpc) is 3.71. The fourth-order valence-corrected chi connectivity index (χ4v) is 13.5. The number of likely N-dealkylation sites (N-methyl/N-ethyl adjacent to an activating group) is 1. The molecule has 0 aromatic carbocycles. The van der Waals surface area contributed by atoms with E-state index in [4.69, 9.17) is 9.05 Å². The first-order valence-electron chi connectivity index (χ1n) is 40.0. The number of carbonyl (C=O) groups is 1. The van der Waals surface area contributed by atoms with Crippen LogP contribution in [0.15, 0.2) is 12.2 Å². The number of unbranched alkanes of at least 4 members (excludes halogenated alkanes) is 61. The van der Waals surface area contributed by atoms with Crippen LogP contribution in [0.25, 0.3) is 0 Å². The number of amides is 1. The molecule has 0 radical (unpaired) electrons. The van der Waals surface area contributed by atoms with Gasteiger partial charge in [-0.15, -0.1) is 0 Å². The highest BCUT2D eigenvalue weighted by Crippen LogP contribution is 2.38. The van der Waals surface area contributed by atoms with Gasteiger partial charge in [-0.05, 0) is 38.5 Å². The van der Waals surface area contributed by atoms with Gasteiger partial charge in [-0.1, -0.05) is 405 Å². The Morgan fingerprint density at radius 3 is 0.886 bits per heavy atom. The Labute approximate surface area is 552 Å². The fraction of sp³-hybridized carbons (Fsp3) is 0.962. The van der Waals surface area contributed by atoms with E-state index in [1.807, 2.05) is 21.1 Å². The summed E-state index contributed by atoms with van der Waals surface area (Å²) in [7, 11) is 1.33. The Hall–Kier alpha value is -0.760. The van der Waals surface area contributed by atoms with Gasteiger partial charge < -0.3 is 28.8 Å². The molecule has 0 bridgehead atoms. The lowest BCUT2D eigenvalue weighted by molar-refractivity contribution is -0.870. The summed E-state index contributed by atoms with van der Waals surface area (Å²) in [5.74, 6) is -0.153. The van der Waals surface area contributed by atoms with E-state index in [0.717, 1.165) is 38.5 Å². The molecule has 3 unspecified atom stereocenters. The van der Waals surface area contributed by atoms with Gasteiger partial charge in [-0.2, -0.15) is 0 Å².